The number of aryl methyl sites for hydroxylation is 1. The lowest BCUT2D eigenvalue weighted by Gasteiger charge is -2.20. The summed E-state index contributed by atoms with van der Waals surface area (Å²) in [4.78, 5) is 25.3. The van der Waals surface area contributed by atoms with Crippen LogP contribution in [0.4, 0.5) is 5.69 Å². The number of anilines is 1. The van der Waals surface area contributed by atoms with Crippen molar-refractivity contribution in [3.05, 3.63) is 54.6 Å². The molecule has 0 unspecified atom stereocenters. The average molecular weight is 302 g/mol. The van der Waals surface area contributed by atoms with Crippen LogP contribution in [0.25, 0.3) is 0 Å². The molecule has 0 fully saturated rings. The fourth-order valence-corrected chi connectivity index (χ4v) is 1.93. The number of nitrogens with one attached hydrogen (secondary N) is 1. The van der Waals surface area contributed by atoms with Crippen molar-refractivity contribution in [1.82, 2.24) is 4.90 Å². The van der Waals surface area contributed by atoms with E-state index in [0.29, 0.717) is 18.7 Å². The van der Waals surface area contributed by atoms with Gasteiger partial charge in [0.15, 0.2) is 0 Å². The summed E-state index contributed by atoms with van der Waals surface area (Å²) in [6.07, 6.45) is 3.34. The highest BCUT2D eigenvalue weighted by atomic mass is 16.5. The number of hydrogen-bond acceptors (Lipinski definition) is 4. The molecule has 0 saturated heterocycles. The molecule has 0 radical (unpaired) electrons. The molecule has 0 heterocycles. The van der Waals surface area contributed by atoms with Crippen molar-refractivity contribution in [3.8, 4) is 0 Å². The average Bonchev–Trinajstić information content (AvgIpc) is 2.52. The van der Waals surface area contributed by atoms with Gasteiger partial charge in [0.1, 0.15) is 0 Å². The molecule has 1 aromatic carbocycles. The van der Waals surface area contributed by atoms with Gasteiger partial charge in [-0.2, -0.15) is 0 Å². The minimum Gasteiger partial charge on any atom is -0.465 e. The molecule has 22 heavy (non-hydrogen) atoms. The predicted octanol–water partition coefficient (Wildman–Crippen LogP) is 2.39. The highest BCUT2D eigenvalue weighted by molar-refractivity contribution is 5.91. The SMILES string of the molecule is C=CCN(CC=C)C(=O)CNc1cc(C(=O)OC)ccc1C. The van der Waals surface area contributed by atoms with E-state index < -0.39 is 5.97 Å². The van der Waals surface area contributed by atoms with Gasteiger partial charge in [-0.25, -0.2) is 4.79 Å². The smallest absolute Gasteiger partial charge is 0.337 e. The zero-order chi connectivity index (χ0) is 16.5. The first kappa shape index (κ1) is 17.5. The summed E-state index contributed by atoms with van der Waals surface area (Å²) >= 11 is 0. The maximum atomic E-state index is 12.2. The van der Waals surface area contributed by atoms with Gasteiger partial charge in [-0.1, -0.05) is 18.2 Å². The van der Waals surface area contributed by atoms with Crippen molar-refractivity contribution >= 4 is 17.6 Å². The van der Waals surface area contributed by atoms with E-state index in [9.17, 15) is 9.59 Å². The highest BCUT2D eigenvalue weighted by Crippen LogP contribution is 2.17. The van der Waals surface area contributed by atoms with Gasteiger partial charge in [0.2, 0.25) is 5.91 Å². The van der Waals surface area contributed by atoms with E-state index in [1.54, 1.807) is 29.2 Å². The lowest BCUT2D eigenvalue weighted by molar-refractivity contribution is -0.128. The van der Waals surface area contributed by atoms with E-state index in [1.165, 1.54) is 7.11 Å². The Labute approximate surface area is 131 Å². The van der Waals surface area contributed by atoms with Gasteiger partial charge in [-0.15, -0.1) is 13.2 Å². The van der Waals surface area contributed by atoms with Crippen LogP contribution in [0.2, 0.25) is 0 Å². The van der Waals surface area contributed by atoms with Crippen molar-refractivity contribution < 1.29 is 14.3 Å². The predicted molar refractivity (Wildman–Crippen MR) is 88.0 cm³/mol. The summed E-state index contributed by atoms with van der Waals surface area (Å²) in [5, 5.41) is 3.06. The minimum atomic E-state index is -0.408. The number of ether oxygens (including phenoxy) is 1. The maximum absolute atomic E-state index is 12.2. The Kier molecular flexibility index (Phi) is 6.89. The van der Waals surface area contributed by atoms with Crippen LogP contribution in [0.1, 0.15) is 15.9 Å². The molecule has 0 atom stereocenters. The van der Waals surface area contributed by atoms with Crippen molar-refractivity contribution in [2.45, 2.75) is 6.92 Å². The van der Waals surface area contributed by atoms with Gasteiger partial charge < -0.3 is 15.0 Å². The lowest BCUT2D eigenvalue weighted by atomic mass is 10.1. The van der Waals surface area contributed by atoms with Crippen LogP contribution in [-0.2, 0) is 9.53 Å². The van der Waals surface area contributed by atoms with Crippen molar-refractivity contribution in [2.75, 3.05) is 32.1 Å². The van der Waals surface area contributed by atoms with Crippen LogP contribution in [0.5, 0.6) is 0 Å². The van der Waals surface area contributed by atoms with E-state index >= 15 is 0 Å². The van der Waals surface area contributed by atoms with Crippen molar-refractivity contribution in [3.63, 3.8) is 0 Å². The number of carbonyl (C=O) groups excluding carboxylic acids is 2. The summed E-state index contributed by atoms with van der Waals surface area (Å²) in [6, 6.07) is 5.18. The fraction of sp³-hybridized carbons (Fsp3) is 0.294. The van der Waals surface area contributed by atoms with Gasteiger partial charge in [0, 0.05) is 18.8 Å². The molecule has 0 aliphatic heterocycles. The Morgan fingerprint density at radius 3 is 2.45 bits per heavy atom. The number of rotatable bonds is 8. The topological polar surface area (TPSA) is 58.6 Å². The third-order valence-electron chi connectivity index (χ3n) is 3.14. The van der Waals surface area contributed by atoms with E-state index in [4.69, 9.17) is 4.74 Å². The molecular weight excluding hydrogens is 280 g/mol. The minimum absolute atomic E-state index is 0.0670. The Hall–Kier alpha value is -2.56. The standard InChI is InChI=1S/C17H22N2O3/c1-5-9-19(10-6-2)16(20)12-18-15-11-14(17(21)22-4)8-7-13(15)3/h5-8,11,18H,1-2,9-10,12H2,3-4H3. The molecule has 1 aromatic rings. The Morgan fingerprint density at radius 2 is 1.91 bits per heavy atom. The Bertz CT molecular complexity index is 557. The second-order valence-corrected chi connectivity index (χ2v) is 4.75. The number of carbonyl (C=O) groups is 2. The maximum Gasteiger partial charge on any atom is 0.337 e. The van der Waals surface area contributed by atoms with Gasteiger partial charge in [0.05, 0.1) is 19.2 Å². The van der Waals surface area contributed by atoms with Crippen LogP contribution < -0.4 is 5.32 Å². The summed E-state index contributed by atoms with van der Waals surface area (Å²) < 4.78 is 4.69. The van der Waals surface area contributed by atoms with Crippen molar-refractivity contribution in [2.24, 2.45) is 0 Å². The molecular formula is C17H22N2O3. The number of esters is 1. The van der Waals surface area contributed by atoms with E-state index in [1.807, 2.05) is 13.0 Å². The van der Waals surface area contributed by atoms with Crippen LogP contribution >= 0.6 is 0 Å². The first-order valence-electron chi connectivity index (χ1n) is 6.95. The van der Waals surface area contributed by atoms with Gasteiger partial charge in [-0.3, -0.25) is 4.79 Å². The van der Waals surface area contributed by atoms with Crippen LogP contribution in [-0.4, -0.2) is 43.5 Å². The van der Waals surface area contributed by atoms with E-state index in [-0.39, 0.29) is 12.5 Å². The molecule has 0 aliphatic rings. The molecule has 0 bridgehead atoms. The lowest BCUT2D eigenvalue weighted by Crippen LogP contribution is -2.35. The second kappa shape index (κ2) is 8.67. The number of amides is 1. The fourth-order valence-electron chi connectivity index (χ4n) is 1.93. The summed E-state index contributed by atoms with van der Waals surface area (Å²) in [5.41, 5.74) is 2.12. The second-order valence-electron chi connectivity index (χ2n) is 4.75. The molecule has 0 saturated carbocycles. The van der Waals surface area contributed by atoms with Crippen LogP contribution in [0.15, 0.2) is 43.5 Å². The Balaban J connectivity index is 2.77. The first-order chi connectivity index (χ1) is 10.5. The van der Waals surface area contributed by atoms with Gasteiger partial charge in [-0.05, 0) is 24.6 Å². The van der Waals surface area contributed by atoms with Gasteiger partial charge >= 0.3 is 5.97 Å². The molecule has 1 amide bonds. The summed E-state index contributed by atoms with van der Waals surface area (Å²) in [6.45, 7) is 10.2. The molecule has 0 spiro atoms. The zero-order valence-corrected chi connectivity index (χ0v) is 13.1. The van der Waals surface area contributed by atoms with E-state index in [0.717, 1.165) is 11.3 Å². The molecule has 5 heteroatoms. The van der Waals surface area contributed by atoms with Crippen LogP contribution in [0, 0.1) is 6.92 Å². The third-order valence-corrected chi connectivity index (χ3v) is 3.14. The van der Waals surface area contributed by atoms with E-state index in [2.05, 4.69) is 18.5 Å². The summed E-state index contributed by atoms with van der Waals surface area (Å²) in [5.74, 6) is -0.475. The quantitative estimate of drug-likeness (QED) is 0.592. The number of benzene rings is 1. The van der Waals surface area contributed by atoms with Crippen LogP contribution in [0.3, 0.4) is 0 Å². The number of methoxy groups -OCH3 is 1. The van der Waals surface area contributed by atoms with Gasteiger partial charge in [0.25, 0.3) is 0 Å². The molecule has 118 valence electrons. The molecule has 0 aromatic heterocycles. The monoisotopic (exact) mass is 302 g/mol. The van der Waals surface area contributed by atoms with Crippen molar-refractivity contribution in [1.29, 1.82) is 0 Å². The normalized spacial score (nSPS) is 9.73. The largest absolute Gasteiger partial charge is 0.465 e. The first-order valence-corrected chi connectivity index (χ1v) is 6.95. The number of hydrogen-bond donors (Lipinski definition) is 1. The Morgan fingerprint density at radius 1 is 1.27 bits per heavy atom. The third kappa shape index (κ3) is 4.77. The molecule has 1 N–H and O–H groups in total. The molecule has 0 aliphatic carbocycles. The molecule has 5 nitrogen and oxygen atoms in total. The summed E-state index contributed by atoms with van der Waals surface area (Å²) in [7, 11) is 1.33. The highest BCUT2D eigenvalue weighted by Gasteiger charge is 2.12. The zero-order valence-electron chi connectivity index (χ0n) is 13.1. The molecule has 1 rings (SSSR count). The number of nitrogens with zero attached hydrogens (tertiary/aromatic N) is 1.